The molecule has 166 valence electrons. The van der Waals surface area contributed by atoms with Crippen molar-refractivity contribution in [3.63, 3.8) is 0 Å². The standard InChI is InChI=1S/C30H24N2O2/c31-21-9-7-11-23(19-21)33-29-17-5-3-15-27(29)25-13-1-2-14-26(25)28-16-4-6-18-30(28)34-24-12-8-10-22(32)20-24/h1-20H,31-32H2. The van der Waals surface area contributed by atoms with Crippen LogP contribution in [0.4, 0.5) is 11.4 Å². The van der Waals surface area contributed by atoms with E-state index in [0.29, 0.717) is 22.9 Å². The average molecular weight is 445 g/mol. The molecule has 4 heteroatoms. The summed E-state index contributed by atoms with van der Waals surface area (Å²) in [5, 5.41) is 0. The van der Waals surface area contributed by atoms with E-state index in [4.69, 9.17) is 20.9 Å². The fraction of sp³-hybridized carbons (Fsp3) is 0. The van der Waals surface area contributed by atoms with Crippen LogP contribution >= 0.6 is 0 Å². The summed E-state index contributed by atoms with van der Waals surface area (Å²) >= 11 is 0. The predicted molar refractivity (Wildman–Crippen MR) is 139 cm³/mol. The highest BCUT2D eigenvalue weighted by Gasteiger charge is 2.15. The van der Waals surface area contributed by atoms with E-state index in [2.05, 4.69) is 24.3 Å². The molecule has 0 aliphatic heterocycles. The van der Waals surface area contributed by atoms with Crippen LogP contribution in [-0.4, -0.2) is 0 Å². The topological polar surface area (TPSA) is 70.5 Å². The molecule has 5 aromatic carbocycles. The average Bonchev–Trinajstić information content (AvgIpc) is 2.85. The van der Waals surface area contributed by atoms with Crippen molar-refractivity contribution < 1.29 is 9.47 Å². The molecule has 0 heterocycles. The fourth-order valence-corrected chi connectivity index (χ4v) is 3.92. The van der Waals surface area contributed by atoms with Crippen LogP contribution in [0.25, 0.3) is 22.3 Å². The fourth-order valence-electron chi connectivity index (χ4n) is 3.92. The molecule has 0 saturated carbocycles. The van der Waals surface area contributed by atoms with Crippen molar-refractivity contribution in [2.45, 2.75) is 0 Å². The second-order valence-electron chi connectivity index (χ2n) is 7.89. The van der Waals surface area contributed by atoms with Gasteiger partial charge in [0.05, 0.1) is 0 Å². The number of hydrogen-bond donors (Lipinski definition) is 2. The summed E-state index contributed by atoms with van der Waals surface area (Å²) in [7, 11) is 0. The lowest BCUT2D eigenvalue weighted by atomic mass is 9.93. The summed E-state index contributed by atoms with van der Waals surface area (Å²) in [5.41, 5.74) is 17.2. The molecule has 5 rings (SSSR count). The van der Waals surface area contributed by atoms with Gasteiger partial charge in [0.15, 0.2) is 0 Å². The molecule has 5 aromatic rings. The van der Waals surface area contributed by atoms with Gasteiger partial charge in [-0.15, -0.1) is 0 Å². The first kappa shape index (κ1) is 21.2. The minimum absolute atomic E-state index is 0.656. The highest BCUT2D eigenvalue weighted by molar-refractivity contribution is 5.88. The van der Waals surface area contributed by atoms with Gasteiger partial charge >= 0.3 is 0 Å². The zero-order valence-corrected chi connectivity index (χ0v) is 18.5. The molecule has 0 amide bonds. The molecular formula is C30H24N2O2. The van der Waals surface area contributed by atoms with Crippen LogP contribution in [0.2, 0.25) is 0 Å². The molecule has 0 atom stereocenters. The number of nitrogens with two attached hydrogens (primary N) is 2. The monoisotopic (exact) mass is 444 g/mol. The number of hydrogen-bond acceptors (Lipinski definition) is 4. The quantitative estimate of drug-likeness (QED) is 0.262. The first-order valence-electron chi connectivity index (χ1n) is 11.0. The van der Waals surface area contributed by atoms with Crippen LogP contribution in [0.5, 0.6) is 23.0 Å². The van der Waals surface area contributed by atoms with Crippen LogP contribution < -0.4 is 20.9 Å². The van der Waals surface area contributed by atoms with E-state index < -0.39 is 0 Å². The van der Waals surface area contributed by atoms with Crippen molar-refractivity contribution in [2.24, 2.45) is 0 Å². The van der Waals surface area contributed by atoms with Gasteiger partial charge < -0.3 is 20.9 Å². The maximum atomic E-state index is 6.25. The molecule has 4 N–H and O–H groups in total. The van der Waals surface area contributed by atoms with Crippen molar-refractivity contribution in [3.8, 4) is 45.3 Å². The van der Waals surface area contributed by atoms with Gasteiger partial charge in [0.1, 0.15) is 23.0 Å². The first-order chi connectivity index (χ1) is 16.7. The van der Waals surface area contributed by atoms with Gasteiger partial charge in [0.2, 0.25) is 0 Å². The van der Waals surface area contributed by atoms with E-state index in [1.54, 1.807) is 0 Å². The Bertz CT molecular complexity index is 1340. The summed E-state index contributed by atoms with van der Waals surface area (Å²) in [6.07, 6.45) is 0. The maximum absolute atomic E-state index is 6.25. The molecule has 0 unspecified atom stereocenters. The lowest BCUT2D eigenvalue weighted by Crippen LogP contribution is -1.93. The number of nitrogen functional groups attached to an aromatic ring is 2. The SMILES string of the molecule is Nc1cccc(Oc2ccccc2-c2ccccc2-c2ccccc2Oc2cccc(N)c2)c1. The molecule has 0 aliphatic rings. The molecule has 0 saturated heterocycles. The Kier molecular flexibility index (Phi) is 5.87. The Morgan fingerprint density at radius 2 is 0.765 bits per heavy atom. The van der Waals surface area contributed by atoms with E-state index in [1.165, 1.54) is 0 Å². The second kappa shape index (κ2) is 9.43. The van der Waals surface area contributed by atoms with Crippen LogP contribution in [0.3, 0.4) is 0 Å². The van der Waals surface area contributed by atoms with Gasteiger partial charge in [0.25, 0.3) is 0 Å². The second-order valence-corrected chi connectivity index (χ2v) is 7.89. The summed E-state index contributed by atoms with van der Waals surface area (Å²) in [6, 6.07) is 39.1. The van der Waals surface area contributed by atoms with Gasteiger partial charge in [-0.1, -0.05) is 72.8 Å². The van der Waals surface area contributed by atoms with Gasteiger partial charge in [-0.05, 0) is 47.5 Å². The number of ether oxygens (including phenoxy) is 2. The molecule has 0 spiro atoms. The number of para-hydroxylation sites is 2. The molecule has 0 fully saturated rings. The van der Waals surface area contributed by atoms with E-state index in [-0.39, 0.29) is 0 Å². The largest absolute Gasteiger partial charge is 0.457 e. The van der Waals surface area contributed by atoms with Gasteiger partial charge in [-0.2, -0.15) is 0 Å². The molecular weight excluding hydrogens is 420 g/mol. The van der Waals surface area contributed by atoms with Gasteiger partial charge in [-0.25, -0.2) is 0 Å². The number of rotatable bonds is 6. The van der Waals surface area contributed by atoms with Gasteiger partial charge in [0, 0.05) is 34.6 Å². The highest BCUT2D eigenvalue weighted by Crippen LogP contribution is 2.42. The van der Waals surface area contributed by atoms with Crippen LogP contribution in [0, 0.1) is 0 Å². The van der Waals surface area contributed by atoms with Crippen LogP contribution in [0.15, 0.2) is 121 Å². The Balaban J connectivity index is 1.58. The number of benzene rings is 5. The van der Waals surface area contributed by atoms with Crippen LogP contribution in [0.1, 0.15) is 0 Å². The van der Waals surface area contributed by atoms with Crippen molar-refractivity contribution >= 4 is 11.4 Å². The summed E-state index contributed by atoms with van der Waals surface area (Å²) in [6.45, 7) is 0. The molecule has 0 bridgehead atoms. The molecule has 34 heavy (non-hydrogen) atoms. The third-order valence-corrected chi connectivity index (χ3v) is 5.45. The van der Waals surface area contributed by atoms with Crippen LogP contribution in [-0.2, 0) is 0 Å². The molecule has 0 aromatic heterocycles. The van der Waals surface area contributed by atoms with Crippen molar-refractivity contribution in [1.82, 2.24) is 0 Å². The number of anilines is 2. The minimum Gasteiger partial charge on any atom is -0.457 e. The Hall–Kier alpha value is -4.70. The van der Waals surface area contributed by atoms with E-state index >= 15 is 0 Å². The first-order valence-corrected chi connectivity index (χ1v) is 11.0. The lowest BCUT2D eigenvalue weighted by molar-refractivity contribution is 0.484. The third-order valence-electron chi connectivity index (χ3n) is 5.45. The summed E-state index contributed by atoms with van der Waals surface area (Å²) < 4.78 is 12.5. The molecule has 0 radical (unpaired) electrons. The lowest BCUT2D eigenvalue weighted by Gasteiger charge is -2.17. The van der Waals surface area contributed by atoms with E-state index in [1.807, 2.05) is 97.1 Å². The predicted octanol–water partition coefficient (Wildman–Crippen LogP) is 7.77. The van der Waals surface area contributed by atoms with E-state index in [0.717, 1.165) is 33.8 Å². The van der Waals surface area contributed by atoms with Crippen molar-refractivity contribution in [2.75, 3.05) is 11.5 Å². The van der Waals surface area contributed by atoms with E-state index in [9.17, 15) is 0 Å². The smallest absolute Gasteiger partial charge is 0.135 e. The third kappa shape index (κ3) is 4.57. The summed E-state index contributed by atoms with van der Waals surface area (Å²) in [4.78, 5) is 0. The Morgan fingerprint density at radius 1 is 0.382 bits per heavy atom. The van der Waals surface area contributed by atoms with Crippen molar-refractivity contribution in [3.05, 3.63) is 121 Å². The Morgan fingerprint density at radius 3 is 1.18 bits per heavy atom. The minimum atomic E-state index is 0.656. The zero-order chi connectivity index (χ0) is 23.3. The molecule has 0 aliphatic carbocycles. The normalized spacial score (nSPS) is 10.6. The zero-order valence-electron chi connectivity index (χ0n) is 18.5. The van der Waals surface area contributed by atoms with Crippen molar-refractivity contribution in [1.29, 1.82) is 0 Å². The summed E-state index contributed by atoms with van der Waals surface area (Å²) in [5.74, 6) is 2.87. The maximum Gasteiger partial charge on any atom is 0.135 e. The van der Waals surface area contributed by atoms with Gasteiger partial charge in [-0.3, -0.25) is 0 Å². The highest BCUT2D eigenvalue weighted by atomic mass is 16.5. The molecule has 4 nitrogen and oxygen atoms in total. The Labute approximate surface area is 199 Å².